The standard InChI is InChI=1S/C24H28FN3O2/c1-29-13-12-27-11-10-18(15-27)16-28-17-26-23(19-6-4-3-5-7-19)24(28)20-8-9-22(30-2)21(25)14-20/h3-9,14,17-18H,10-13,15-16H2,1-2H3/t18-/m1/s1. The van der Waals surface area contributed by atoms with Crippen molar-refractivity contribution in [3.8, 4) is 28.3 Å². The van der Waals surface area contributed by atoms with Gasteiger partial charge in [-0.25, -0.2) is 9.37 Å². The summed E-state index contributed by atoms with van der Waals surface area (Å²) in [6, 6.07) is 15.2. The predicted molar refractivity (Wildman–Crippen MR) is 116 cm³/mol. The van der Waals surface area contributed by atoms with Gasteiger partial charge in [0.1, 0.15) is 0 Å². The molecule has 6 heteroatoms. The highest BCUT2D eigenvalue weighted by Gasteiger charge is 2.25. The minimum atomic E-state index is -0.367. The zero-order chi connectivity index (χ0) is 20.9. The molecule has 0 aliphatic carbocycles. The minimum Gasteiger partial charge on any atom is -0.494 e. The van der Waals surface area contributed by atoms with Crippen LogP contribution in [0.2, 0.25) is 0 Å². The van der Waals surface area contributed by atoms with Gasteiger partial charge in [0.05, 0.1) is 31.4 Å². The Hall–Kier alpha value is -2.70. The van der Waals surface area contributed by atoms with Crippen LogP contribution in [-0.4, -0.2) is 54.9 Å². The zero-order valence-electron chi connectivity index (χ0n) is 17.6. The van der Waals surface area contributed by atoms with Gasteiger partial charge in [0.25, 0.3) is 0 Å². The van der Waals surface area contributed by atoms with Crippen molar-refractivity contribution >= 4 is 0 Å². The van der Waals surface area contributed by atoms with Gasteiger partial charge in [0.2, 0.25) is 0 Å². The monoisotopic (exact) mass is 409 g/mol. The molecule has 158 valence electrons. The number of benzene rings is 2. The Morgan fingerprint density at radius 1 is 1.10 bits per heavy atom. The third kappa shape index (κ3) is 4.40. The Balaban J connectivity index is 1.66. The average molecular weight is 410 g/mol. The van der Waals surface area contributed by atoms with Crippen molar-refractivity contribution in [2.75, 3.05) is 40.5 Å². The van der Waals surface area contributed by atoms with E-state index in [4.69, 9.17) is 14.5 Å². The highest BCUT2D eigenvalue weighted by molar-refractivity contribution is 5.78. The lowest BCUT2D eigenvalue weighted by molar-refractivity contribution is 0.158. The van der Waals surface area contributed by atoms with Gasteiger partial charge in [0.15, 0.2) is 11.6 Å². The number of ether oxygens (including phenoxy) is 2. The maximum absolute atomic E-state index is 14.5. The predicted octanol–water partition coefficient (Wildman–Crippen LogP) is 4.33. The molecule has 1 aliphatic rings. The molecule has 0 saturated carbocycles. The smallest absolute Gasteiger partial charge is 0.165 e. The van der Waals surface area contributed by atoms with Crippen LogP contribution in [-0.2, 0) is 11.3 Å². The molecule has 2 heterocycles. The summed E-state index contributed by atoms with van der Waals surface area (Å²) in [6.45, 7) is 4.70. The number of hydrogen-bond acceptors (Lipinski definition) is 4. The first-order chi connectivity index (χ1) is 14.7. The Kier molecular flexibility index (Phi) is 6.45. The summed E-state index contributed by atoms with van der Waals surface area (Å²) < 4.78 is 27.0. The quantitative estimate of drug-likeness (QED) is 0.555. The Bertz CT molecular complexity index is 974. The van der Waals surface area contributed by atoms with Crippen LogP contribution in [0.5, 0.6) is 5.75 Å². The molecular weight excluding hydrogens is 381 g/mol. The molecule has 0 N–H and O–H groups in total. The highest BCUT2D eigenvalue weighted by Crippen LogP contribution is 2.34. The molecule has 0 bridgehead atoms. The van der Waals surface area contributed by atoms with Gasteiger partial charge in [0, 0.05) is 37.9 Å². The number of nitrogens with zero attached hydrogens (tertiary/aromatic N) is 3. The van der Waals surface area contributed by atoms with Crippen molar-refractivity contribution in [2.45, 2.75) is 13.0 Å². The minimum absolute atomic E-state index is 0.246. The van der Waals surface area contributed by atoms with Crippen LogP contribution < -0.4 is 4.74 Å². The first-order valence-corrected chi connectivity index (χ1v) is 10.4. The number of hydrogen-bond donors (Lipinski definition) is 0. The van der Waals surface area contributed by atoms with Crippen molar-refractivity contribution in [1.82, 2.24) is 14.5 Å². The van der Waals surface area contributed by atoms with Gasteiger partial charge in [-0.3, -0.25) is 0 Å². The zero-order valence-corrected chi connectivity index (χ0v) is 17.6. The summed E-state index contributed by atoms with van der Waals surface area (Å²) in [5.41, 5.74) is 3.64. The van der Waals surface area contributed by atoms with Crippen LogP contribution in [0, 0.1) is 11.7 Å². The van der Waals surface area contributed by atoms with E-state index in [1.807, 2.05) is 42.7 Å². The highest BCUT2D eigenvalue weighted by atomic mass is 19.1. The molecule has 1 saturated heterocycles. The molecule has 30 heavy (non-hydrogen) atoms. The summed E-state index contributed by atoms with van der Waals surface area (Å²) in [6.07, 6.45) is 3.02. The first kappa shape index (κ1) is 20.6. The van der Waals surface area contributed by atoms with E-state index in [9.17, 15) is 4.39 Å². The molecule has 4 rings (SSSR count). The summed E-state index contributed by atoms with van der Waals surface area (Å²) in [7, 11) is 3.22. The van der Waals surface area contributed by atoms with Crippen LogP contribution in [0.1, 0.15) is 6.42 Å². The molecule has 1 fully saturated rings. The van der Waals surface area contributed by atoms with Crippen LogP contribution in [0.4, 0.5) is 4.39 Å². The lowest BCUT2D eigenvalue weighted by Gasteiger charge is -2.17. The summed E-state index contributed by atoms with van der Waals surface area (Å²) in [5, 5.41) is 0. The number of halogens is 1. The number of rotatable bonds is 8. The van der Waals surface area contributed by atoms with Gasteiger partial charge < -0.3 is 18.9 Å². The fraction of sp³-hybridized carbons (Fsp3) is 0.375. The third-order valence-electron chi connectivity index (χ3n) is 5.75. The molecule has 0 amide bonds. The molecule has 1 aliphatic heterocycles. The molecule has 1 aromatic heterocycles. The van der Waals surface area contributed by atoms with E-state index < -0.39 is 0 Å². The molecule has 3 aromatic rings. The SMILES string of the molecule is COCCN1CC[C@@H](Cn2cnc(-c3ccccc3)c2-c2ccc(OC)c(F)c2)C1. The van der Waals surface area contributed by atoms with Crippen molar-refractivity contribution in [3.63, 3.8) is 0 Å². The second-order valence-electron chi connectivity index (χ2n) is 7.76. The topological polar surface area (TPSA) is 39.5 Å². The summed E-state index contributed by atoms with van der Waals surface area (Å²) >= 11 is 0. The van der Waals surface area contributed by atoms with Gasteiger partial charge >= 0.3 is 0 Å². The third-order valence-corrected chi connectivity index (χ3v) is 5.75. The molecule has 1 atom stereocenters. The van der Waals surface area contributed by atoms with Crippen molar-refractivity contribution in [3.05, 3.63) is 60.7 Å². The van der Waals surface area contributed by atoms with E-state index in [1.54, 1.807) is 19.2 Å². The van der Waals surface area contributed by atoms with Gasteiger partial charge in [-0.05, 0) is 37.1 Å². The molecule has 0 radical (unpaired) electrons. The van der Waals surface area contributed by atoms with E-state index in [-0.39, 0.29) is 11.6 Å². The summed E-state index contributed by atoms with van der Waals surface area (Å²) in [4.78, 5) is 7.16. The van der Waals surface area contributed by atoms with Crippen LogP contribution in [0.3, 0.4) is 0 Å². The number of imidazole rings is 1. The second-order valence-corrected chi connectivity index (χ2v) is 7.76. The van der Waals surface area contributed by atoms with Gasteiger partial charge in [-0.2, -0.15) is 0 Å². The average Bonchev–Trinajstić information content (AvgIpc) is 3.40. The van der Waals surface area contributed by atoms with Gasteiger partial charge in [-0.15, -0.1) is 0 Å². The largest absolute Gasteiger partial charge is 0.494 e. The Morgan fingerprint density at radius 2 is 1.93 bits per heavy atom. The van der Waals surface area contributed by atoms with E-state index >= 15 is 0 Å². The van der Waals surface area contributed by atoms with Crippen LogP contribution >= 0.6 is 0 Å². The first-order valence-electron chi connectivity index (χ1n) is 10.4. The fourth-order valence-corrected chi connectivity index (χ4v) is 4.21. The molecule has 0 spiro atoms. The molecular formula is C24H28FN3O2. The number of aromatic nitrogens is 2. The maximum Gasteiger partial charge on any atom is 0.165 e. The molecule has 2 aromatic carbocycles. The lowest BCUT2D eigenvalue weighted by Crippen LogP contribution is -2.25. The maximum atomic E-state index is 14.5. The Labute approximate surface area is 177 Å². The van der Waals surface area contributed by atoms with Crippen LogP contribution in [0.25, 0.3) is 22.5 Å². The van der Waals surface area contributed by atoms with Crippen molar-refractivity contribution in [1.29, 1.82) is 0 Å². The molecule has 0 unspecified atom stereocenters. The van der Waals surface area contributed by atoms with E-state index in [2.05, 4.69) is 9.47 Å². The number of methoxy groups -OCH3 is 2. The van der Waals surface area contributed by atoms with E-state index in [0.717, 1.165) is 61.7 Å². The normalized spacial score (nSPS) is 16.8. The van der Waals surface area contributed by atoms with E-state index in [0.29, 0.717) is 5.92 Å². The summed E-state index contributed by atoms with van der Waals surface area (Å²) in [5.74, 6) is 0.408. The van der Waals surface area contributed by atoms with E-state index in [1.165, 1.54) is 7.11 Å². The van der Waals surface area contributed by atoms with Crippen LogP contribution in [0.15, 0.2) is 54.9 Å². The lowest BCUT2D eigenvalue weighted by atomic mass is 10.0. The van der Waals surface area contributed by atoms with Crippen molar-refractivity contribution in [2.24, 2.45) is 5.92 Å². The Morgan fingerprint density at radius 3 is 2.67 bits per heavy atom. The van der Waals surface area contributed by atoms with Crippen molar-refractivity contribution < 1.29 is 13.9 Å². The van der Waals surface area contributed by atoms with Gasteiger partial charge in [-0.1, -0.05) is 30.3 Å². The molecule has 5 nitrogen and oxygen atoms in total. The number of likely N-dealkylation sites (tertiary alicyclic amines) is 1. The second kappa shape index (κ2) is 9.41. The fourth-order valence-electron chi connectivity index (χ4n) is 4.21.